The second kappa shape index (κ2) is 9.80. The number of aromatic nitrogens is 1. The van der Waals surface area contributed by atoms with Gasteiger partial charge in [0.1, 0.15) is 0 Å². The largest absolute Gasteiger partial charge is 0.388 e. The summed E-state index contributed by atoms with van der Waals surface area (Å²) in [5.41, 5.74) is 3.80. The Hall–Kier alpha value is -1.56. The van der Waals surface area contributed by atoms with Gasteiger partial charge in [0.15, 0.2) is 5.78 Å². The number of aliphatic hydroxyl groups is 1. The van der Waals surface area contributed by atoms with E-state index in [-0.39, 0.29) is 5.78 Å². The van der Waals surface area contributed by atoms with Crippen LogP contribution >= 0.6 is 11.8 Å². The average molecular weight is 362 g/mol. The van der Waals surface area contributed by atoms with Crippen LogP contribution in [0.1, 0.15) is 39.8 Å². The van der Waals surface area contributed by atoms with Gasteiger partial charge in [-0.2, -0.15) is 11.8 Å². The van der Waals surface area contributed by atoms with Gasteiger partial charge >= 0.3 is 0 Å². The highest BCUT2D eigenvalue weighted by atomic mass is 32.2. The summed E-state index contributed by atoms with van der Waals surface area (Å²) in [7, 11) is 1.70. The normalized spacial score (nSPS) is 12.3. The van der Waals surface area contributed by atoms with Gasteiger partial charge in [-0.05, 0) is 31.9 Å². The Morgan fingerprint density at radius 2 is 2.00 bits per heavy atom. The van der Waals surface area contributed by atoms with Gasteiger partial charge in [-0.15, -0.1) is 0 Å². The first-order valence-electron chi connectivity index (χ1n) is 8.54. The summed E-state index contributed by atoms with van der Waals surface area (Å²) in [5, 5.41) is 10.2. The molecule has 5 heteroatoms. The van der Waals surface area contributed by atoms with Crippen molar-refractivity contribution in [1.82, 2.24) is 4.57 Å². The second-order valence-corrected chi connectivity index (χ2v) is 7.18. The molecule has 0 radical (unpaired) electrons. The Morgan fingerprint density at radius 3 is 2.68 bits per heavy atom. The fourth-order valence-electron chi connectivity index (χ4n) is 2.91. The van der Waals surface area contributed by atoms with E-state index in [2.05, 4.69) is 4.57 Å². The molecule has 1 aromatic heterocycles. The van der Waals surface area contributed by atoms with E-state index in [0.717, 1.165) is 35.5 Å². The highest BCUT2D eigenvalue weighted by Gasteiger charge is 2.16. The second-order valence-electron chi connectivity index (χ2n) is 6.15. The Bertz CT molecular complexity index is 682. The SMILES string of the molecule is COCCCn1c(C)cc(C(=O)CSCC(O)c2ccccc2)c1C. The molecule has 2 aromatic rings. The van der Waals surface area contributed by atoms with E-state index in [1.165, 1.54) is 11.8 Å². The number of hydrogen-bond donors (Lipinski definition) is 1. The van der Waals surface area contributed by atoms with Crippen LogP contribution in [0.5, 0.6) is 0 Å². The molecule has 0 aliphatic rings. The molecule has 0 aliphatic heterocycles. The van der Waals surface area contributed by atoms with Gasteiger partial charge in [-0.1, -0.05) is 30.3 Å². The number of carbonyl (C=O) groups is 1. The van der Waals surface area contributed by atoms with Crippen molar-refractivity contribution in [3.8, 4) is 0 Å². The number of benzene rings is 1. The van der Waals surface area contributed by atoms with Gasteiger partial charge in [-0.25, -0.2) is 0 Å². The van der Waals surface area contributed by atoms with Crippen LogP contribution < -0.4 is 0 Å². The van der Waals surface area contributed by atoms with Crippen LogP contribution in [0.4, 0.5) is 0 Å². The molecule has 136 valence electrons. The van der Waals surface area contributed by atoms with Gasteiger partial charge < -0.3 is 14.4 Å². The maximum absolute atomic E-state index is 12.5. The number of hydrogen-bond acceptors (Lipinski definition) is 4. The quantitative estimate of drug-likeness (QED) is 0.517. The molecule has 0 bridgehead atoms. The van der Waals surface area contributed by atoms with Crippen LogP contribution in [0.25, 0.3) is 0 Å². The van der Waals surface area contributed by atoms with E-state index >= 15 is 0 Å². The van der Waals surface area contributed by atoms with Gasteiger partial charge in [0.05, 0.1) is 11.9 Å². The van der Waals surface area contributed by atoms with Gasteiger partial charge in [0.25, 0.3) is 0 Å². The molecule has 0 spiro atoms. The smallest absolute Gasteiger partial charge is 0.174 e. The van der Waals surface area contributed by atoms with E-state index in [0.29, 0.717) is 18.1 Å². The number of aryl methyl sites for hydroxylation is 1. The van der Waals surface area contributed by atoms with Crippen LogP contribution in [-0.4, -0.2) is 40.7 Å². The number of thioether (sulfide) groups is 1. The van der Waals surface area contributed by atoms with Crippen molar-refractivity contribution < 1.29 is 14.6 Å². The molecule has 1 N–H and O–H groups in total. The molecular weight excluding hydrogens is 334 g/mol. The van der Waals surface area contributed by atoms with Crippen LogP contribution in [0.2, 0.25) is 0 Å². The average Bonchev–Trinajstić information content (AvgIpc) is 2.90. The van der Waals surface area contributed by atoms with Crippen molar-refractivity contribution in [2.24, 2.45) is 0 Å². The Balaban J connectivity index is 1.89. The van der Waals surface area contributed by atoms with Crippen molar-refractivity contribution in [1.29, 1.82) is 0 Å². The summed E-state index contributed by atoms with van der Waals surface area (Å²) in [6, 6.07) is 11.5. The molecule has 25 heavy (non-hydrogen) atoms. The first-order valence-corrected chi connectivity index (χ1v) is 9.69. The lowest BCUT2D eigenvalue weighted by Crippen LogP contribution is -2.09. The molecule has 0 saturated heterocycles. The van der Waals surface area contributed by atoms with E-state index in [9.17, 15) is 9.90 Å². The minimum Gasteiger partial charge on any atom is -0.388 e. The van der Waals surface area contributed by atoms with E-state index < -0.39 is 6.10 Å². The molecule has 0 amide bonds. The number of methoxy groups -OCH3 is 1. The zero-order chi connectivity index (χ0) is 18.2. The third kappa shape index (κ3) is 5.46. The topological polar surface area (TPSA) is 51.5 Å². The molecular formula is C20H27NO3S. The first-order chi connectivity index (χ1) is 12.0. The summed E-state index contributed by atoms with van der Waals surface area (Å²) < 4.78 is 7.28. The lowest BCUT2D eigenvalue weighted by Gasteiger charge is -2.11. The lowest BCUT2D eigenvalue weighted by atomic mass is 10.1. The third-order valence-corrected chi connectivity index (χ3v) is 5.32. The third-order valence-electron chi connectivity index (χ3n) is 4.30. The molecule has 1 unspecified atom stereocenters. The number of aliphatic hydroxyl groups excluding tert-OH is 1. The molecule has 0 aliphatic carbocycles. The minimum absolute atomic E-state index is 0.122. The first kappa shape index (κ1) is 19.8. The summed E-state index contributed by atoms with van der Waals surface area (Å²) in [6.45, 7) is 5.60. The molecule has 1 aromatic carbocycles. The molecule has 1 heterocycles. The highest BCUT2D eigenvalue weighted by molar-refractivity contribution is 8.00. The van der Waals surface area contributed by atoms with E-state index in [4.69, 9.17) is 4.74 Å². The van der Waals surface area contributed by atoms with Crippen LogP contribution in [0.3, 0.4) is 0 Å². The van der Waals surface area contributed by atoms with Crippen molar-refractivity contribution >= 4 is 17.5 Å². The van der Waals surface area contributed by atoms with Gasteiger partial charge in [-0.3, -0.25) is 4.79 Å². The van der Waals surface area contributed by atoms with E-state index in [1.54, 1.807) is 7.11 Å². The lowest BCUT2D eigenvalue weighted by molar-refractivity contribution is 0.102. The standard InChI is InChI=1S/C20H27NO3S/c1-15-12-18(16(2)21(15)10-7-11-24-3)20(23)14-25-13-19(22)17-8-5-4-6-9-17/h4-6,8-9,12,19,22H,7,10-11,13-14H2,1-3H3. The summed E-state index contributed by atoms with van der Waals surface area (Å²) in [5.74, 6) is 1.02. The highest BCUT2D eigenvalue weighted by Crippen LogP contribution is 2.21. The Morgan fingerprint density at radius 1 is 1.28 bits per heavy atom. The fourth-order valence-corrected chi connectivity index (χ4v) is 3.78. The summed E-state index contributed by atoms with van der Waals surface area (Å²) in [4.78, 5) is 12.5. The molecule has 4 nitrogen and oxygen atoms in total. The predicted octanol–water partition coefficient (Wildman–Crippen LogP) is 3.79. The zero-order valence-corrected chi connectivity index (χ0v) is 16.0. The monoisotopic (exact) mass is 361 g/mol. The van der Waals surface area contributed by atoms with Crippen molar-refractivity contribution in [2.45, 2.75) is 32.9 Å². The van der Waals surface area contributed by atoms with Crippen molar-refractivity contribution in [3.63, 3.8) is 0 Å². The number of Topliss-reactive ketones (excluding diaryl/α,β-unsaturated/α-hetero) is 1. The summed E-state index contributed by atoms with van der Waals surface area (Å²) in [6.07, 6.45) is 0.388. The van der Waals surface area contributed by atoms with E-state index in [1.807, 2.05) is 50.2 Å². The summed E-state index contributed by atoms with van der Waals surface area (Å²) >= 11 is 1.48. The molecule has 0 fully saturated rings. The maximum Gasteiger partial charge on any atom is 0.174 e. The predicted molar refractivity (Wildman–Crippen MR) is 103 cm³/mol. The molecule has 1 atom stereocenters. The number of ketones is 1. The molecule has 2 rings (SSSR count). The van der Waals surface area contributed by atoms with Crippen LogP contribution in [-0.2, 0) is 11.3 Å². The fraction of sp³-hybridized carbons (Fsp3) is 0.450. The maximum atomic E-state index is 12.5. The number of rotatable bonds is 10. The van der Waals surface area contributed by atoms with Crippen molar-refractivity contribution in [3.05, 3.63) is 58.9 Å². The van der Waals surface area contributed by atoms with Crippen molar-refractivity contribution in [2.75, 3.05) is 25.2 Å². The van der Waals surface area contributed by atoms with Gasteiger partial charge in [0.2, 0.25) is 0 Å². The van der Waals surface area contributed by atoms with Crippen LogP contribution in [0.15, 0.2) is 36.4 Å². The molecule has 0 saturated carbocycles. The Kier molecular flexibility index (Phi) is 7.75. The zero-order valence-electron chi connectivity index (χ0n) is 15.2. The number of ether oxygens (including phenoxy) is 1. The number of carbonyl (C=O) groups excluding carboxylic acids is 1. The Labute approximate surface area is 154 Å². The van der Waals surface area contributed by atoms with Gasteiger partial charge in [0, 0.05) is 43.0 Å². The minimum atomic E-state index is -0.541. The van der Waals surface area contributed by atoms with Crippen LogP contribution in [0, 0.1) is 13.8 Å². The number of nitrogens with zero attached hydrogens (tertiary/aromatic N) is 1.